The Morgan fingerprint density at radius 3 is 2.65 bits per heavy atom. The average molecular weight is 522 g/mol. The maximum absolute atomic E-state index is 13.0. The number of piperidine rings is 2. The first-order valence-electron chi connectivity index (χ1n) is 13.4. The number of nitrogens with one attached hydrogen (secondary N) is 1. The fraction of sp³-hybridized carbons (Fsp3) is 0.483. The Morgan fingerprint density at radius 2 is 1.92 bits per heavy atom. The summed E-state index contributed by atoms with van der Waals surface area (Å²) in [5.41, 5.74) is 3.26. The molecule has 2 aromatic carbocycles. The van der Waals surface area contributed by atoms with Crippen molar-refractivity contribution < 1.29 is 9.32 Å². The Kier molecular flexibility index (Phi) is 8.11. The fourth-order valence-electron chi connectivity index (χ4n) is 5.42. The Morgan fingerprint density at radius 1 is 1.14 bits per heavy atom. The Balaban J connectivity index is 1.08. The molecule has 5 rings (SSSR count). The standard InChI is InChI=1S/C29H36ClN5O2/c1-20-5-4-14-35(18-20)26-10-8-22(9-11-26)21(2)31-29(36)23-12-15-34(16-13-23)19-27-32-28(33-37-27)24-6-3-7-25(30)17-24/h3,6-11,17,20-21,23H,4-5,12-16,18-19H2,1-2H3,(H,31,36). The second-order valence-corrected chi connectivity index (χ2v) is 11.0. The van der Waals surface area contributed by atoms with E-state index in [2.05, 4.69) is 63.4 Å². The van der Waals surface area contributed by atoms with Crippen molar-refractivity contribution in [1.82, 2.24) is 20.4 Å². The normalized spacial score (nSPS) is 20.1. The molecule has 3 heterocycles. The maximum Gasteiger partial charge on any atom is 0.241 e. The third-order valence-electron chi connectivity index (χ3n) is 7.64. The molecule has 7 nitrogen and oxygen atoms in total. The van der Waals surface area contributed by atoms with Gasteiger partial charge in [0, 0.05) is 35.3 Å². The molecule has 2 aliphatic heterocycles. The molecule has 1 N–H and O–H groups in total. The summed E-state index contributed by atoms with van der Waals surface area (Å²) in [6, 6.07) is 16.1. The molecule has 8 heteroatoms. The van der Waals surface area contributed by atoms with Crippen molar-refractivity contribution in [2.24, 2.45) is 11.8 Å². The molecule has 2 unspecified atom stereocenters. The molecule has 0 saturated carbocycles. The van der Waals surface area contributed by atoms with Crippen molar-refractivity contribution in [3.05, 3.63) is 65.0 Å². The molecular weight excluding hydrogens is 486 g/mol. The molecule has 0 aliphatic carbocycles. The van der Waals surface area contributed by atoms with Crippen molar-refractivity contribution in [2.75, 3.05) is 31.1 Å². The fourth-order valence-corrected chi connectivity index (χ4v) is 5.61. The van der Waals surface area contributed by atoms with Crippen molar-refractivity contribution in [1.29, 1.82) is 0 Å². The van der Waals surface area contributed by atoms with Gasteiger partial charge < -0.3 is 14.7 Å². The number of rotatable bonds is 7. The van der Waals surface area contributed by atoms with E-state index in [1.807, 2.05) is 24.3 Å². The van der Waals surface area contributed by atoms with Crippen molar-refractivity contribution in [2.45, 2.75) is 52.1 Å². The Bertz CT molecular complexity index is 1190. The molecule has 37 heavy (non-hydrogen) atoms. The number of nitrogens with zero attached hydrogens (tertiary/aromatic N) is 4. The van der Waals surface area contributed by atoms with Crippen LogP contribution in [0.1, 0.15) is 57.0 Å². The lowest BCUT2D eigenvalue weighted by atomic mass is 9.95. The molecule has 0 bridgehead atoms. The maximum atomic E-state index is 13.0. The van der Waals surface area contributed by atoms with Gasteiger partial charge in [-0.2, -0.15) is 4.98 Å². The van der Waals surface area contributed by atoms with E-state index >= 15 is 0 Å². The number of carbonyl (C=O) groups is 1. The van der Waals surface area contributed by atoms with Crippen molar-refractivity contribution >= 4 is 23.2 Å². The van der Waals surface area contributed by atoms with Gasteiger partial charge in [0.1, 0.15) is 0 Å². The van der Waals surface area contributed by atoms with E-state index in [1.54, 1.807) is 0 Å². The SMILES string of the molecule is CC1CCCN(c2ccc(C(C)NC(=O)C3CCN(Cc4nc(-c5cccc(Cl)c5)no4)CC3)cc2)C1. The summed E-state index contributed by atoms with van der Waals surface area (Å²) in [5.74, 6) is 2.03. The highest BCUT2D eigenvalue weighted by atomic mass is 35.5. The number of amides is 1. The van der Waals surface area contributed by atoms with Crippen LogP contribution in [0.3, 0.4) is 0 Å². The van der Waals surface area contributed by atoms with Gasteiger partial charge in [0.2, 0.25) is 17.6 Å². The average Bonchev–Trinajstić information content (AvgIpc) is 3.38. The second-order valence-electron chi connectivity index (χ2n) is 10.6. The van der Waals surface area contributed by atoms with Crippen LogP contribution in [-0.2, 0) is 11.3 Å². The van der Waals surface area contributed by atoms with Crippen LogP contribution in [0.4, 0.5) is 5.69 Å². The third-order valence-corrected chi connectivity index (χ3v) is 7.88. The number of aromatic nitrogens is 2. The molecule has 0 radical (unpaired) electrons. The summed E-state index contributed by atoms with van der Waals surface area (Å²) in [7, 11) is 0. The molecule has 3 aromatic rings. The zero-order valence-corrected chi connectivity index (χ0v) is 22.5. The summed E-state index contributed by atoms with van der Waals surface area (Å²) >= 11 is 6.07. The van der Waals surface area contributed by atoms with Gasteiger partial charge in [0.15, 0.2) is 0 Å². The van der Waals surface area contributed by atoms with Crippen LogP contribution in [0.15, 0.2) is 53.1 Å². The van der Waals surface area contributed by atoms with Crippen LogP contribution < -0.4 is 10.2 Å². The number of hydrogen-bond donors (Lipinski definition) is 1. The summed E-state index contributed by atoms with van der Waals surface area (Å²) < 4.78 is 5.46. The van der Waals surface area contributed by atoms with Crippen LogP contribution >= 0.6 is 11.6 Å². The largest absolute Gasteiger partial charge is 0.371 e. The van der Waals surface area contributed by atoms with Crippen LogP contribution in [0.25, 0.3) is 11.4 Å². The van der Waals surface area contributed by atoms with E-state index < -0.39 is 0 Å². The highest BCUT2D eigenvalue weighted by molar-refractivity contribution is 6.30. The van der Waals surface area contributed by atoms with Gasteiger partial charge in [-0.25, -0.2) is 0 Å². The molecular formula is C29H36ClN5O2. The van der Waals surface area contributed by atoms with Gasteiger partial charge in [0.05, 0.1) is 12.6 Å². The van der Waals surface area contributed by atoms with Crippen LogP contribution in [0.5, 0.6) is 0 Å². The molecule has 2 atom stereocenters. The summed E-state index contributed by atoms with van der Waals surface area (Å²) in [4.78, 5) is 22.3. The van der Waals surface area contributed by atoms with Crippen molar-refractivity contribution in [3.63, 3.8) is 0 Å². The highest BCUT2D eigenvalue weighted by Gasteiger charge is 2.27. The van der Waals surface area contributed by atoms with E-state index in [-0.39, 0.29) is 17.9 Å². The van der Waals surface area contributed by atoms with E-state index in [1.165, 1.54) is 18.5 Å². The zero-order valence-electron chi connectivity index (χ0n) is 21.7. The van der Waals surface area contributed by atoms with Gasteiger partial charge in [-0.15, -0.1) is 0 Å². The first kappa shape index (κ1) is 25.7. The predicted molar refractivity (Wildman–Crippen MR) is 146 cm³/mol. The number of halogens is 1. The highest BCUT2D eigenvalue weighted by Crippen LogP contribution is 2.26. The second kappa shape index (κ2) is 11.7. The van der Waals surface area contributed by atoms with E-state index in [0.717, 1.165) is 56.1 Å². The van der Waals surface area contributed by atoms with Gasteiger partial charge in [-0.05, 0) is 81.4 Å². The molecule has 0 spiro atoms. The van der Waals surface area contributed by atoms with Crippen molar-refractivity contribution in [3.8, 4) is 11.4 Å². The minimum absolute atomic E-state index is 0.0110. The van der Waals surface area contributed by atoms with E-state index in [9.17, 15) is 4.79 Å². The summed E-state index contributed by atoms with van der Waals surface area (Å²) in [6.45, 7) is 8.88. The topological polar surface area (TPSA) is 74.5 Å². The lowest BCUT2D eigenvalue weighted by Gasteiger charge is -2.33. The quantitative estimate of drug-likeness (QED) is 0.429. The molecule has 196 valence electrons. The number of benzene rings is 2. The molecule has 1 amide bonds. The summed E-state index contributed by atoms with van der Waals surface area (Å²) in [6.07, 6.45) is 4.21. The van der Waals surface area contributed by atoms with Crippen LogP contribution in [0, 0.1) is 11.8 Å². The summed E-state index contributed by atoms with van der Waals surface area (Å²) in [5, 5.41) is 7.98. The Hall–Kier alpha value is -2.90. The predicted octanol–water partition coefficient (Wildman–Crippen LogP) is 5.72. The molecule has 2 aliphatic rings. The van der Waals surface area contributed by atoms with E-state index in [0.29, 0.717) is 23.3 Å². The monoisotopic (exact) mass is 521 g/mol. The first-order chi connectivity index (χ1) is 17.9. The smallest absolute Gasteiger partial charge is 0.241 e. The Labute approximate surface area is 224 Å². The van der Waals surface area contributed by atoms with Gasteiger partial charge in [-0.3, -0.25) is 9.69 Å². The van der Waals surface area contributed by atoms with Gasteiger partial charge in [-0.1, -0.05) is 47.9 Å². The molecule has 2 fully saturated rings. The minimum Gasteiger partial charge on any atom is -0.371 e. The number of likely N-dealkylation sites (tertiary alicyclic amines) is 1. The minimum atomic E-state index is -0.0110. The number of anilines is 1. The number of hydrogen-bond acceptors (Lipinski definition) is 6. The zero-order chi connectivity index (χ0) is 25.8. The molecule has 1 aromatic heterocycles. The van der Waals surface area contributed by atoms with Gasteiger partial charge >= 0.3 is 0 Å². The van der Waals surface area contributed by atoms with Crippen LogP contribution in [-0.4, -0.2) is 47.1 Å². The van der Waals surface area contributed by atoms with E-state index in [4.69, 9.17) is 16.1 Å². The van der Waals surface area contributed by atoms with Gasteiger partial charge in [0.25, 0.3) is 0 Å². The lowest BCUT2D eigenvalue weighted by Crippen LogP contribution is -2.41. The third kappa shape index (κ3) is 6.51. The lowest BCUT2D eigenvalue weighted by molar-refractivity contribution is -0.127. The number of carbonyl (C=O) groups excluding carboxylic acids is 1. The first-order valence-corrected chi connectivity index (χ1v) is 13.8. The molecule has 2 saturated heterocycles. The van der Waals surface area contributed by atoms with Crippen LogP contribution in [0.2, 0.25) is 5.02 Å².